The van der Waals surface area contributed by atoms with Crippen molar-refractivity contribution in [2.45, 2.75) is 6.04 Å². The highest BCUT2D eigenvalue weighted by Crippen LogP contribution is 2.44. The van der Waals surface area contributed by atoms with Crippen LogP contribution in [0.25, 0.3) is 5.76 Å². The van der Waals surface area contributed by atoms with Crippen LogP contribution in [-0.4, -0.2) is 23.6 Å². The van der Waals surface area contributed by atoms with Crippen LogP contribution in [0, 0.1) is 11.6 Å². The van der Waals surface area contributed by atoms with Crippen molar-refractivity contribution >= 4 is 34.5 Å². The van der Waals surface area contributed by atoms with Crippen LogP contribution in [-0.2, 0) is 9.59 Å². The number of Topliss-reactive ketones (excluding diaryl/α,β-unsaturated/α-hetero) is 1. The van der Waals surface area contributed by atoms with Crippen LogP contribution in [0.5, 0.6) is 11.5 Å². The predicted octanol–water partition coefficient (Wildman–Crippen LogP) is 4.38. The molecular weight excluding hydrogens is 428 g/mol. The average Bonchev–Trinajstić information content (AvgIpc) is 3.50. The fourth-order valence-corrected chi connectivity index (χ4v) is 4.47. The molecule has 0 saturated carbocycles. The summed E-state index contributed by atoms with van der Waals surface area (Å²) in [5, 5.41) is 12.8. The van der Waals surface area contributed by atoms with E-state index in [1.165, 1.54) is 23.5 Å². The van der Waals surface area contributed by atoms with E-state index in [9.17, 15) is 23.5 Å². The first kappa shape index (κ1) is 19.3. The summed E-state index contributed by atoms with van der Waals surface area (Å²) in [6.45, 7) is 0.0370. The van der Waals surface area contributed by atoms with Gasteiger partial charge in [-0.3, -0.25) is 14.5 Å². The molecule has 9 heteroatoms. The molecule has 1 aromatic heterocycles. The van der Waals surface area contributed by atoms with E-state index in [0.717, 1.165) is 17.0 Å². The van der Waals surface area contributed by atoms with Gasteiger partial charge in [-0.2, -0.15) is 0 Å². The quantitative estimate of drug-likeness (QED) is 0.371. The number of hydrogen-bond acceptors (Lipinski definition) is 6. The minimum absolute atomic E-state index is 0.00383. The number of halogens is 2. The predicted molar refractivity (Wildman–Crippen MR) is 108 cm³/mol. The molecule has 3 aromatic rings. The first-order valence-corrected chi connectivity index (χ1v) is 10.0. The summed E-state index contributed by atoms with van der Waals surface area (Å²) in [6, 6.07) is 10.00. The number of carbonyl (C=O) groups excluding carboxylic acids is 2. The average molecular weight is 441 g/mol. The zero-order chi connectivity index (χ0) is 21.7. The molecule has 6 nitrogen and oxygen atoms in total. The lowest BCUT2D eigenvalue weighted by Gasteiger charge is -2.24. The Bertz CT molecular complexity index is 1250. The number of benzene rings is 2. The number of nitrogens with zero attached hydrogens (tertiary/aromatic N) is 1. The third-order valence-electron chi connectivity index (χ3n) is 5.08. The van der Waals surface area contributed by atoms with Crippen molar-refractivity contribution in [2.24, 2.45) is 0 Å². The number of fused-ring (bicyclic) bond motifs is 1. The lowest BCUT2D eigenvalue weighted by atomic mass is 9.99. The topological polar surface area (TPSA) is 76.1 Å². The van der Waals surface area contributed by atoms with Gasteiger partial charge in [-0.05, 0) is 41.8 Å². The van der Waals surface area contributed by atoms with Crippen LogP contribution < -0.4 is 14.4 Å². The van der Waals surface area contributed by atoms with Gasteiger partial charge in [0, 0.05) is 22.2 Å². The molecule has 3 heterocycles. The van der Waals surface area contributed by atoms with E-state index < -0.39 is 35.1 Å². The van der Waals surface area contributed by atoms with Gasteiger partial charge in [0.05, 0.1) is 5.57 Å². The number of anilines is 1. The summed E-state index contributed by atoms with van der Waals surface area (Å²) >= 11 is 1.26. The molecule has 1 fully saturated rings. The molecule has 2 aliphatic heterocycles. The second-order valence-electron chi connectivity index (χ2n) is 6.85. The fourth-order valence-electron chi connectivity index (χ4n) is 3.65. The largest absolute Gasteiger partial charge is 0.507 e. The van der Waals surface area contributed by atoms with Gasteiger partial charge in [-0.25, -0.2) is 8.78 Å². The Morgan fingerprint density at radius 1 is 1.03 bits per heavy atom. The number of rotatable bonds is 3. The molecule has 31 heavy (non-hydrogen) atoms. The maximum atomic E-state index is 13.9. The van der Waals surface area contributed by atoms with Crippen molar-refractivity contribution in [1.29, 1.82) is 0 Å². The Labute approximate surface area is 178 Å². The number of thiophene rings is 1. The highest BCUT2D eigenvalue weighted by molar-refractivity contribution is 7.10. The summed E-state index contributed by atoms with van der Waals surface area (Å²) in [5.41, 5.74) is 0.106. The van der Waals surface area contributed by atoms with Gasteiger partial charge >= 0.3 is 0 Å². The number of aliphatic hydroxyl groups excluding tert-OH is 1. The van der Waals surface area contributed by atoms with Gasteiger partial charge < -0.3 is 14.6 Å². The number of ketones is 1. The standard InChI is InChI=1S/C22H13F2NO5S/c23-13-5-4-12(9-14(13)24)25-19(17-2-1-7-31-17)18(21(27)22(25)28)20(26)11-3-6-15-16(8-11)30-10-29-15/h1-9,19,26H,10H2/b20-18-. The Morgan fingerprint density at radius 2 is 1.84 bits per heavy atom. The first-order chi connectivity index (χ1) is 15.0. The molecule has 2 aliphatic rings. The molecule has 0 aliphatic carbocycles. The third-order valence-corrected chi connectivity index (χ3v) is 6.01. The molecule has 1 unspecified atom stereocenters. The first-order valence-electron chi connectivity index (χ1n) is 9.15. The van der Waals surface area contributed by atoms with Crippen molar-refractivity contribution in [1.82, 2.24) is 0 Å². The molecule has 156 valence electrons. The molecule has 2 aromatic carbocycles. The molecule has 0 radical (unpaired) electrons. The van der Waals surface area contributed by atoms with E-state index in [-0.39, 0.29) is 23.6 Å². The maximum absolute atomic E-state index is 13.9. The molecule has 1 atom stereocenters. The smallest absolute Gasteiger partial charge is 0.300 e. The van der Waals surface area contributed by atoms with E-state index in [0.29, 0.717) is 16.4 Å². The molecule has 1 amide bonds. The molecule has 5 rings (SSSR count). The van der Waals surface area contributed by atoms with Crippen molar-refractivity contribution in [3.8, 4) is 11.5 Å². The summed E-state index contributed by atoms with van der Waals surface area (Å²) in [5.74, 6) is -3.63. The van der Waals surface area contributed by atoms with E-state index >= 15 is 0 Å². The SMILES string of the molecule is O=C1C(=O)N(c2ccc(F)c(F)c2)C(c2cccs2)/C1=C(/O)c1ccc2c(c1)OCO2. The zero-order valence-corrected chi connectivity index (χ0v) is 16.5. The molecule has 1 saturated heterocycles. The van der Waals surface area contributed by atoms with Crippen LogP contribution in [0.2, 0.25) is 0 Å². The number of aliphatic hydroxyl groups is 1. The molecule has 1 N–H and O–H groups in total. The van der Waals surface area contributed by atoms with Gasteiger partial charge in [0.1, 0.15) is 11.8 Å². The van der Waals surface area contributed by atoms with Crippen LogP contribution in [0.1, 0.15) is 16.5 Å². The Balaban J connectivity index is 1.69. The number of ether oxygens (including phenoxy) is 2. The van der Waals surface area contributed by atoms with E-state index in [4.69, 9.17) is 9.47 Å². The minimum atomic E-state index is -1.15. The van der Waals surface area contributed by atoms with Crippen molar-refractivity contribution in [2.75, 3.05) is 11.7 Å². The summed E-state index contributed by atoms with van der Waals surface area (Å²) in [4.78, 5) is 27.5. The van der Waals surface area contributed by atoms with Crippen molar-refractivity contribution < 1.29 is 33.0 Å². The Hall–Kier alpha value is -3.72. The Kier molecular flexibility index (Phi) is 4.48. The van der Waals surface area contributed by atoms with Crippen LogP contribution in [0.15, 0.2) is 59.5 Å². The van der Waals surface area contributed by atoms with Gasteiger partial charge in [0.2, 0.25) is 6.79 Å². The summed E-state index contributed by atoms with van der Waals surface area (Å²) < 4.78 is 37.9. The van der Waals surface area contributed by atoms with Gasteiger partial charge in [-0.15, -0.1) is 11.3 Å². The number of amides is 1. The van der Waals surface area contributed by atoms with Crippen LogP contribution >= 0.6 is 11.3 Å². The van der Waals surface area contributed by atoms with Gasteiger partial charge in [0.15, 0.2) is 23.1 Å². The lowest BCUT2D eigenvalue weighted by Crippen LogP contribution is -2.29. The minimum Gasteiger partial charge on any atom is -0.507 e. The van der Waals surface area contributed by atoms with Gasteiger partial charge in [0.25, 0.3) is 11.7 Å². The van der Waals surface area contributed by atoms with E-state index in [2.05, 4.69) is 0 Å². The molecular formula is C22H13F2NO5S. The monoisotopic (exact) mass is 441 g/mol. The van der Waals surface area contributed by atoms with Crippen molar-refractivity contribution in [3.63, 3.8) is 0 Å². The van der Waals surface area contributed by atoms with Crippen LogP contribution in [0.3, 0.4) is 0 Å². The molecule has 0 bridgehead atoms. The van der Waals surface area contributed by atoms with Crippen LogP contribution in [0.4, 0.5) is 14.5 Å². The highest BCUT2D eigenvalue weighted by atomic mass is 32.1. The fraction of sp³-hybridized carbons (Fsp3) is 0.0909. The third kappa shape index (κ3) is 3.05. The second kappa shape index (κ2) is 7.21. The molecule has 0 spiro atoms. The maximum Gasteiger partial charge on any atom is 0.300 e. The zero-order valence-electron chi connectivity index (χ0n) is 15.7. The normalized spacial score (nSPS) is 19.3. The Morgan fingerprint density at radius 3 is 2.58 bits per heavy atom. The van der Waals surface area contributed by atoms with E-state index in [1.54, 1.807) is 29.6 Å². The van der Waals surface area contributed by atoms with Gasteiger partial charge in [-0.1, -0.05) is 6.07 Å². The number of hydrogen-bond donors (Lipinski definition) is 1. The van der Waals surface area contributed by atoms with E-state index in [1.807, 2.05) is 0 Å². The lowest BCUT2D eigenvalue weighted by molar-refractivity contribution is -0.132. The summed E-state index contributed by atoms with van der Waals surface area (Å²) in [7, 11) is 0. The summed E-state index contributed by atoms with van der Waals surface area (Å²) in [6.07, 6.45) is 0. The highest BCUT2D eigenvalue weighted by Gasteiger charge is 2.47. The number of carbonyl (C=O) groups is 2. The second-order valence-corrected chi connectivity index (χ2v) is 7.83. The van der Waals surface area contributed by atoms with Crippen molar-refractivity contribution in [3.05, 3.63) is 81.6 Å².